The second-order valence-corrected chi connectivity index (χ2v) is 6.57. The summed E-state index contributed by atoms with van der Waals surface area (Å²) in [6.07, 6.45) is 3.04. The van der Waals surface area contributed by atoms with Crippen LogP contribution in [0.5, 0.6) is 5.75 Å². The number of rotatable bonds is 7. The molecule has 0 saturated carbocycles. The molecule has 1 aromatic carbocycles. The highest BCUT2D eigenvalue weighted by Crippen LogP contribution is 2.29. The third kappa shape index (κ3) is 4.64. The number of hydrogen-bond donors (Lipinski definition) is 0. The Kier molecular flexibility index (Phi) is 6.05. The van der Waals surface area contributed by atoms with Crippen molar-refractivity contribution in [2.24, 2.45) is 0 Å². The zero-order chi connectivity index (χ0) is 19.2. The first kappa shape index (κ1) is 18.9. The van der Waals surface area contributed by atoms with Crippen molar-refractivity contribution in [2.45, 2.75) is 6.92 Å². The average molecular weight is 386 g/mol. The van der Waals surface area contributed by atoms with E-state index < -0.39 is 11.9 Å². The van der Waals surface area contributed by atoms with Crippen LogP contribution in [-0.2, 0) is 14.3 Å². The number of aryl methyl sites for hydroxylation is 1. The van der Waals surface area contributed by atoms with Crippen LogP contribution in [-0.4, -0.2) is 32.3 Å². The lowest BCUT2D eigenvalue weighted by atomic mass is 10.1. The molecule has 0 radical (unpaired) electrons. The van der Waals surface area contributed by atoms with E-state index in [-0.39, 0.29) is 6.61 Å². The van der Waals surface area contributed by atoms with Crippen LogP contribution in [0.4, 0.5) is 0 Å². The number of furan rings is 1. The van der Waals surface area contributed by atoms with Gasteiger partial charge in [0.15, 0.2) is 0 Å². The van der Waals surface area contributed by atoms with Crippen LogP contribution in [0, 0.1) is 6.92 Å². The Balaban J connectivity index is 1.78. The molecule has 0 saturated heterocycles. The number of carbonyl (C=O) groups is 2. The number of ether oxygens (including phenoxy) is 3. The van der Waals surface area contributed by atoms with E-state index in [1.54, 1.807) is 31.2 Å². The van der Waals surface area contributed by atoms with E-state index in [4.69, 9.17) is 18.6 Å². The molecule has 0 aliphatic heterocycles. The Morgan fingerprint density at radius 2 is 2.07 bits per heavy atom. The van der Waals surface area contributed by atoms with E-state index in [1.165, 1.54) is 24.5 Å². The summed E-state index contributed by atoms with van der Waals surface area (Å²) in [4.78, 5) is 25.3. The summed E-state index contributed by atoms with van der Waals surface area (Å²) in [6, 6.07) is 8.66. The van der Waals surface area contributed by atoms with Gasteiger partial charge in [0.05, 0.1) is 6.61 Å². The summed E-state index contributed by atoms with van der Waals surface area (Å²) in [5.41, 5.74) is 0.827. The van der Waals surface area contributed by atoms with Crippen molar-refractivity contribution in [3.8, 4) is 5.75 Å². The normalized spacial score (nSPS) is 11.2. The van der Waals surface area contributed by atoms with Crippen molar-refractivity contribution >= 4 is 40.3 Å². The van der Waals surface area contributed by atoms with Crippen LogP contribution in [0.25, 0.3) is 17.0 Å². The number of thiophene rings is 1. The SMILES string of the molecule is COCCOC(=O)c1c(C)oc2ccc(OC(=O)/C=C/c3cccs3)cc12. The largest absolute Gasteiger partial charge is 0.460 e. The van der Waals surface area contributed by atoms with Crippen LogP contribution in [0.3, 0.4) is 0 Å². The molecule has 0 N–H and O–H groups in total. The zero-order valence-corrected chi connectivity index (χ0v) is 15.7. The summed E-state index contributed by atoms with van der Waals surface area (Å²) >= 11 is 1.52. The van der Waals surface area contributed by atoms with Crippen molar-refractivity contribution in [3.05, 3.63) is 58.0 Å². The third-order valence-electron chi connectivity index (χ3n) is 3.71. The van der Waals surface area contributed by atoms with E-state index in [0.29, 0.717) is 34.6 Å². The second kappa shape index (κ2) is 8.66. The van der Waals surface area contributed by atoms with Crippen LogP contribution in [0.1, 0.15) is 21.0 Å². The first-order valence-corrected chi connectivity index (χ1v) is 9.09. The molecule has 0 unspecified atom stereocenters. The van der Waals surface area contributed by atoms with E-state index in [9.17, 15) is 9.59 Å². The van der Waals surface area contributed by atoms with E-state index in [1.807, 2.05) is 17.5 Å². The average Bonchev–Trinajstić information content (AvgIpc) is 3.26. The van der Waals surface area contributed by atoms with Crippen molar-refractivity contribution in [1.29, 1.82) is 0 Å². The zero-order valence-electron chi connectivity index (χ0n) is 14.9. The molecule has 140 valence electrons. The second-order valence-electron chi connectivity index (χ2n) is 5.59. The minimum atomic E-state index is -0.510. The number of benzene rings is 1. The molecule has 27 heavy (non-hydrogen) atoms. The van der Waals surface area contributed by atoms with Crippen LogP contribution >= 0.6 is 11.3 Å². The highest BCUT2D eigenvalue weighted by molar-refractivity contribution is 7.10. The van der Waals surface area contributed by atoms with Crippen LogP contribution < -0.4 is 4.74 Å². The molecule has 0 aliphatic rings. The lowest BCUT2D eigenvalue weighted by Crippen LogP contribution is -2.10. The van der Waals surface area contributed by atoms with E-state index in [0.717, 1.165) is 4.88 Å². The van der Waals surface area contributed by atoms with Gasteiger partial charge in [0, 0.05) is 23.4 Å². The van der Waals surface area contributed by atoms with Crippen LogP contribution in [0.15, 0.2) is 46.2 Å². The maximum Gasteiger partial charge on any atom is 0.342 e. The fraction of sp³-hybridized carbons (Fsp3) is 0.200. The third-order valence-corrected chi connectivity index (χ3v) is 4.54. The van der Waals surface area contributed by atoms with Gasteiger partial charge in [0.1, 0.15) is 29.3 Å². The van der Waals surface area contributed by atoms with Crippen LogP contribution in [0.2, 0.25) is 0 Å². The summed E-state index contributed by atoms with van der Waals surface area (Å²) in [7, 11) is 1.53. The molecule has 0 bridgehead atoms. The molecule has 0 aliphatic carbocycles. The van der Waals surface area contributed by atoms with Crippen molar-refractivity contribution in [2.75, 3.05) is 20.3 Å². The monoisotopic (exact) mass is 386 g/mol. The van der Waals surface area contributed by atoms with Crippen molar-refractivity contribution in [3.63, 3.8) is 0 Å². The van der Waals surface area contributed by atoms with Gasteiger partial charge in [-0.2, -0.15) is 0 Å². The Hall–Kier alpha value is -2.90. The maximum absolute atomic E-state index is 12.3. The highest BCUT2D eigenvalue weighted by atomic mass is 32.1. The maximum atomic E-state index is 12.3. The van der Waals surface area contributed by atoms with E-state index >= 15 is 0 Å². The van der Waals surface area contributed by atoms with Gasteiger partial charge < -0.3 is 18.6 Å². The fourth-order valence-electron chi connectivity index (χ4n) is 2.49. The minimum Gasteiger partial charge on any atom is -0.460 e. The minimum absolute atomic E-state index is 0.142. The molecule has 0 atom stereocenters. The van der Waals surface area contributed by atoms with Gasteiger partial charge in [-0.05, 0) is 42.6 Å². The predicted octanol–water partition coefficient (Wildman–Crippen LogP) is 4.22. The summed E-state index contributed by atoms with van der Waals surface area (Å²) in [6.45, 7) is 2.13. The number of fused-ring (bicyclic) bond motifs is 1. The van der Waals surface area contributed by atoms with Crippen molar-refractivity contribution < 1.29 is 28.2 Å². The quantitative estimate of drug-likeness (QED) is 0.262. The Morgan fingerprint density at radius 1 is 1.22 bits per heavy atom. The van der Waals surface area contributed by atoms with Gasteiger partial charge in [-0.1, -0.05) is 6.07 Å². The standard InChI is InChI=1S/C20H18O6S/c1-13-19(20(22)24-10-9-23-2)16-12-14(5-7-17(16)25-13)26-18(21)8-6-15-4-3-11-27-15/h3-8,11-12H,9-10H2,1-2H3/b8-6+. The Bertz CT molecular complexity index is 968. The molecule has 6 nitrogen and oxygen atoms in total. The smallest absolute Gasteiger partial charge is 0.342 e. The Labute approximate surface area is 159 Å². The molecule has 2 heterocycles. The molecule has 7 heteroatoms. The lowest BCUT2D eigenvalue weighted by Gasteiger charge is -2.04. The first-order valence-electron chi connectivity index (χ1n) is 8.21. The predicted molar refractivity (Wildman–Crippen MR) is 102 cm³/mol. The summed E-state index contributed by atoms with van der Waals surface area (Å²) < 4.78 is 21.0. The molecule has 3 rings (SSSR count). The number of esters is 2. The Morgan fingerprint density at radius 3 is 2.81 bits per heavy atom. The molecule has 0 fully saturated rings. The molecular weight excluding hydrogens is 368 g/mol. The van der Waals surface area contributed by atoms with Gasteiger partial charge in [-0.3, -0.25) is 0 Å². The molecular formula is C20H18O6S. The molecule has 0 amide bonds. The highest BCUT2D eigenvalue weighted by Gasteiger charge is 2.20. The van der Waals surface area contributed by atoms with Gasteiger partial charge in [-0.25, -0.2) is 9.59 Å². The number of methoxy groups -OCH3 is 1. The number of carbonyl (C=O) groups excluding carboxylic acids is 2. The van der Waals surface area contributed by atoms with Gasteiger partial charge in [0.2, 0.25) is 0 Å². The molecule has 2 aromatic heterocycles. The van der Waals surface area contributed by atoms with Gasteiger partial charge >= 0.3 is 11.9 Å². The number of hydrogen-bond acceptors (Lipinski definition) is 7. The van der Waals surface area contributed by atoms with Gasteiger partial charge in [0.25, 0.3) is 0 Å². The first-order chi connectivity index (χ1) is 13.1. The fourth-order valence-corrected chi connectivity index (χ4v) is 3.11. The lowest BCUT2D eigenvalue weighted by molar-refractivity contribution is -0.128. The summed E-state index contributed by atoms with van der Waals surface area (Å²) in [5.74, 6) is -0.264. The van der Waals surface area contributed by atoms with E-state index in [2.05, 4.69) is 0 Å². The van der Waals surface area contributed by atoms with Gasteiger partial charge in [-0.15, -0.1) is 11.3 Å². The molecule has 3 aromatic rings. The molecule has 0 spiro atoms. The van der Waals surface area contributed by atoms with Crippen molar-refractivity contribution in [1.82, 2.24) is 0 Å². The summed E-state index contributed by atoms with van der Waals surface area (Å²) in [5, 5.41) is 2.45. The topological polar surface area (TPSA) is 75.0 Å².